The molecule has 0 aliphatic heterocycles. The van der Waals surface area contributed by atoms with Crippen LogP contribution in [0.4, 0.5) is 0 Å². The second kappa shape index (κ2) is 5.33. The third-order valence-corrected chi connectivity index (χ3v) is 3.88. The number of benzene rings is 1. The van der Waals surface area contributed by atoms with Gasteiger partial charge in [-0.1, -0.05) is 61.0 Å². The molecule has 1 nitrogen and oxygen atoms in total. The summed E-state index contributed by atoms with van der Waals surface area (Å²) in [5.41, 5.74) is 2.04. The van der Waals surface area contributed by atoms with Crippen LogP contribution in [0.2, 0.25) is 0 Å². The van der Waals surface area contributed by atoms with Gasteiger partial charge in [0.25, 0.3) is 0 Å². The maximum absolute atomic E-state index is 11.8. The van der Waals surface area contributed by atoms with Crippen molar-refractivity contribution in [3.05, 3.63) is 35.4 Å². The minimum Gasteiger partial charge on any atom is -0.293 e. The highest BCUT2D eigenvalue weighted by molar-refractivity contribution is 9.10. The van der Waals surface area contributed by atoms with Crippen LogP contribution >= 0.6 is 27.5 Å². The van der Waals surface area contributed by atoms with Gasteiger partial charge in [0.1, 0.15) is 0 Å². The van der Waals surface area contributed by atoms with Crippen molar-refractivity contribution in [2.24, 2.45) is 0 Å². The number of carbonyl (C=O) groups excluding carboxylic acids is 1. The summed E-state index contributed by atoms with van der Waals surface area (Å²) in [6.45, 7) is 6.45. The summed E-state index contributed by atoms with van der Waals surface area (Å²) in [5, 5.41) is 0. The molecule has 0 spiro atoms. The van der Waals surface area contributed by atoms with Crippen LogP contribution in [0.3, 0.4) is 0 Å². The Kier molecular flexibility index (Phi) is 4.57. The fourth-order valence-corrected chi connectivity index (χ4v) is 1.79. The van der Waals surface area contributed by atoms with Gasteiger partial charge < -0.3 is 0 Å². The number of hydrogen-bond acceptors (Lipinski definition) is 1. The standard InChI is InChI=1S/C13H16BrClO/c1-13(2,3)10-6-4-9(5-7-10)12(16)11(14)8-15/h4-7,11H,8H2,1-3H3. The molecule has 1 rings (SSSR count). The smallest absolute Gasteiger partial charge is 0.177 e. The van der Waals surface area contributed by atoms with Crippen LogP contribution in [0.5, 0.6) is 0 Å². The third-order valence-electron chi connectivity index (χ3n) is 2.46. The SMILES string of the molecule is CC(C)(C)c1ccc(C(=O)C(Br)CCl)cc1. The summed E-state index contributed by atoms with van der Waals surface area (Å²) >= 11 is 8.89. The fourth-order valence-electron chi connectivity index (χ4n) is 1.39. The number of rotatable bonds is 3. The minimum absolute atomic E-state index is 0.0375. The number of halogens is 2. The molecule has 0 saturated heterocycles. The summed E-state index contributed by atoms with van der Waals surface area (Å²) in [7, 11) is 0. The minimum atomic E-state index is -0.297. The van der Waals surface area contributed by atoms with Crippen molar-refractivity contribution in [3.63, 3.8) is 0 Å². The zero-order valence-corrected chi connectivity index (χ0v) is 12.1. The van der Waals surface area contributed by atoms with Crippen LogP contribution in [0.1, 0.15) is 36.7 Å². The Morgan fingerprint density at radius 3 is 2.19 bits per heavy atom. The van der Waals surface area contributed by atoms with Crippen molar-refractivity contribution in [2.75, 3.05) is 5.88 Å². The number of carbonyl (C=O) groups is 1. The first-order valence-corrected chi connectivity index (χ1v) is 6.66. The Hall–Kier alpha value is -0.340. The maximum atomic E-state index is 11.8. The van der Waals surface area contributed by atoms with Gasteiger partial charge in [0.15, 0.2) is 5.78 Å². The third kappa shape index (κ3) is 3.33. The molecule has 0 N–H and O–H groups in total. The van der Waals surface area contributed by atoms with Crippen LogP contribution < -0.4 is 0 Å². The second-order valence-electron chi connectivity index (χ2n) is 4.81. The molecule has 88 valence electrons. The molecule has 1 unspecified atom stereocenters. The predicted molar refractivity (Wildman–Crippen MR) is 72.9 cm³/mol. The van der Waals surface area contributed by atoms with Crippen LogP contribution in [0.15, 0.2) is 24.3 Å². The quantitative estimate of drug-likeness (QED) is 0.605. The summed E-state index contributed by atoms with van der Waals surface area (Å²) in [6, 6.07) is 7.73. The van der Waals surface area contributed by atoms with Gasteiger partial charge in [0.05, 0.1) is 4.83 Å². The molecular formula is C13H16BrClO. The second-order valence-corrected chi connectivity index (χ2v) is 6.23. The molecule has 1 aromatic carbocycles. The summed E-state index contributed by atoms with van der Waals surface area (Å²) in [4.78, 5) is 11.5. The molecule has 1 atom stereocenters. The zero-order valence-electron chi connectivity index (χ0n) is 9.76. The molecule has 0 aliphatic carbocycles. The molecule has 0 heterocycles. The average molecular weight is 304 g/mol. The van der Waals surface area contributed by atoms with Crippen LogP contribution in [-0.2, 0) is 5.41 Å². The van der Waals surface area contributed by atoms with E-state index in [1.807, 2.05) is 24.3 Å². The summed E-state index contributed by atoms with van der Waals surface area (Å²) in [5.74, 6) is 0.329. The van der Waals surface area contributed by atoms with Crippen molar-refractivity contribution in [1.29, 1.82) is 0 Å². The van der Waals surface area contributed by atoms with E-state index in [4.69, 9.17) is 11.6 Å². The van der Waals surface area contributed by atoms with Crippen molar-refractivity contribution in [3.8, 4) is 0 Å². The van der Waals surface area contributed by atoms with Gasteiger partial charge in [-0.25, -0.2) is 0 Å². The molecule has 0 aromatic heterocycles. The normalized spacial score (nSPS) is 13.6. The van der Waals surface area contributed by atoms with Crippen molar-refractivity contribution < 1.29 is 4.79 Å². The molecule has 0 aliphatic rings. The Morgan fingerprint density at radius 1 is 1.31 bits per heavy atom. The van der Waals surface area contributed by atoms with E-state index >= 15 is 0 Å². The lowest BCUT2D eigenvalue weighted by Gasteiger charge is -2.19. The van der Waals surface area contributed by atoms with E-state index in [0.717, 1.165) is 0 Å². The van der Waals surface area contributed by atoms with Gasteiger partial charge in [0, 0.05) is 11.4 Å². The average Bonchev–Trinajstić information content (AvgIpc) is 2.26. The Bertz CT molecular complexity index is 365. The number of hydrogen-bond donors (Lipinski definition) is 0. The molecular weight excluding hydrogens is 287 g/mol. The van der Waals surface area contributed by atoms with E-state index in [-0.39, 0.29) is 16.0 Å². The van der Waals surface area contributed by atoms with Crippen molar-refractivity contribution in [1.82, 2.24) is 0 Å². The maximum Gasteiger partial charge on any atom is 0.177 e. The van der Waals surface area contributed by atoms with Gasteiger partial charge in [-0.2, -0.15) is 0 Å². The van der Waals surface area contributed by atoms with E-state index in [2.05, 4.69) is 36.7 Å². The molecule has 0 saturated carbocycles. The first kappa shape index (κ1) is 13.7. The Balaban J connectivity index is 2.91. The molecule has 16 heavy (non-hydrogen) atoms. The highest BCUT2D eigenvalue weighted by Gasteiger charge is 2.17. The molecule has 0 bridgehead atoms. The number of alkyl halides is 2. The Morgan fingerprint density at radius 2 is 1.81 bits per heavy atom. The van der Waals surface area contributed by atoms with Crippen LogP contribution in [-0.4, -0.2) is 16.5 Å². The van der Waals surface area contributed by atoms with Gasteiger partial charge in [0.2, 0.25) is 0 Å². The topological polar surface area (TPSA) is 17.1 Å². The van der Waals surface area contributed by atoms with Gasteiger partial charge in [-0.15, -0.1) is 11.6 Å². The Labute approximate surface area is 110 Å². The lowest BCUT2D eigenvalue weighted by molar-refractivity contribution is 0.0996. The monoisotopic (exact) mass is 302 g/mol. The zero-order chi connectivity index (χ0) is 12.3. The van der Waals surface area contributed by atoms with E-state index in [1.165, 1.54) is 5.56 Å². The number of Topliss-reactive ketones (excluding diaryl/α,β-unsaturated/α-hetero) is 1. The van der Waals surface area contributed by atoms with E-state index in [9.17, 15) is 4.79 Å². The van der Waals surface area contributed by atoms with Crippen LogP contribution in [0, 0.1) is 0 Å². The van der Waals surface area contributed by atoms with Crippen LogP contribution in [0.25, 0.3) is 0 Å². The van der Waals surface area contributed by atoms with E-state index < -0.39 is 0 Å². The van der Waals surface area contributed by atoms with Gasteiger partial charge in [-0.05, 0) is 11.0 Å². The molecule has 0 fully saturated rings. The first-order valence-electron chi connectivity index (χ1n) is 5.21. The number of ketones is 1. The predicted octanol–water partition coefficient (Wildman–Crippen LogP) is 4.17. The van der Waals surface area contributed by atoms with Crippen molar-refractivity contribution >= 4 is 33.3 Å². The van der Waals surface area contributed by atoms with Gasteiger partial charge >= 0.3 is 0 Å². The van der Waals surface area contributed by atoms with E-state index in [1.54, 1.807) is 0 Å². The molecule has 0 radical (unpaired) electrons. The molecule has 1 aromatic rings. The summed E-state index contributed by atoms with van der Waals surface area (Å²) in [6.07, 6.45) is 0. The lowest BCUT2D eigenvalue weighted by atomic mass is 9.86. The first-order chi connectivity index (χ1) is 7.36. The highest BCUT2D eigenvalue weighted by atomic mass is 79.9. The van der Waals surface area contributed by atoms with E-state index in [0.29, 0.717) is 11.4 Å². The highest BCUT2D eigenvalue weighted by Crippen LogP contribution is 2.23. The van der Waals surface area contributed by atoms with Crippen molar-refractivity contribution in [2.45, 2.75) is 31.0 Å². The fraction of sp³-hybridized carbons (Fsp3) is 0.462. The largest absolute Gasteiger partial charge is 0.293 e. The molecule has 3 heteroatoms. The van der Waals surface area contributed by atoms with Gasteiger partial charge in [-0.3, -0.25) is 4.79 Å². The summed E-state index contributed by atoms with van der Waals surface area (Å²) < 4.78 is 0. The molecule has 0 amide bonds. The lowest BCUT2D eigenvalue weighted by Crippen LogP contribution is -2.16.